The third-order valence-corrected chi connectivity index (χ3v) is 3.62. The van der Waals surface area contributed by atoms with E-state index in [1.165, 1.54) is 5.56 Å². The van der Waals surface area contributed by atoms with Crippen LogP contribution >= 0.6 is 11.6 Å². The smallest absolute Gasteiger partial charge is 0.307 e. The first kappa shape index (κ1) is 16.0. The fraction of sp³-hybridized carbons (Fsp3) is 0.562. The highest BCUT2D eigenvalue weighted by molar-refractivity contribution is 6.21. The Morgan fingerprint density at radius 2 is 1.89 bits per heavy atom. The van der Waals surface area contributed by atoms with E-state index in [-0.39, 0.29) is 17.8 Å². The Labute approximate surface area is 121 Å². The quantitative estimate of drug-likeness (QED) is 0.550. The molecule has 19 heavy (non-hydrogen) atoms. The number of halogens is 1. The fourth-order valence-electron chi connectivity index (χ4n) is 1.95. The van der Waals surface area contributed by atoms with Crippen LogP contribution in [-0.2, 0) is 16.0 Å². The third-order valence-electron chi connectivity index (χ3n) is 3.31. The normalized spacial score (nSPS) is 13.9. The van der Waals surface area contributed by atoms with Crippen LogP contribution in [0.15, 0.2) is 24.3 Å². The number of hydrogen-bond acceptors (Lipinski definition) is 2. The van der Waals surface area contributed by atoms with Gasteiger partial charge in [-0.1, -0.05) is 38.1 Å². The van der Waals surface area contributed by atoms with Gasteiger partial charge in [0.2, 0.25) is 0 Å². The zero-order valence-electron chi connectivity index (χ0n) is 12.0. The summed E-state index contributed by atoms with van der Waals surface area (Å²) in [6.07, 6.45) is 2.10. The molecule has 0 amide bonds. The van der Waals surface area contributed by atoms with E-state index in [1.807, 2.05) is 0 Å². The van der Waals surface area contributed by atoms with Gasteiger partial charge in [0.15, 0.2) is 0 Å². The zero-order chi connectivity index (χ0) is 14.3. The average molecular weight is 283 g/mol. The van der Waals surface area contributed by atoms with Crippen LogP contribution in [0.1, 0.15) is 50.7 Å². The Hall–Kier alpha value is -1.02. The van der Waals surface area contributed by atoms with Crippen molar-refractivity contribution in [2.45, 2.75) is 51.3 Å². The van der Waals surface area contributed by atoms with Crippen molar-refractivity contribution in [3.63, 3.8) is 0 Å². The minimum Gasteiger partial charge on any atom is -0.466 e. The van der Waals surface area contributed by atoms with Crippen LogP contribution in [-0.4, -0.2) is 18.0 Å². The fourth-order valence-corrected chi connectivity index (χ4v) is 2.25. The highest BCUT2D eigenvalue weighted by Gasteiger charge is 2.12. The number of esters is 1. The molecule has 0 spiro atoms. The molecule has 0 radical (unpaired) electrons. The molecule has 1 aromatic carbocycles. The molecule has 0 aromatic heterocycles. The number of benzene rings is 1. The lowest BCUT2D eigenvalue weighted by Gasteiger charge is -2.12. The third kappa shape index (κ3) is 5.65. The predicted molar refractivity (Wildman–Crippen MR) is 79.7 cm³/mol. The largest absolute Gasteiger partial charge is 0.466 e. The summed E-state index contributed by atoms with van der Waals surface area (Å²) in [7, 11) is 0. The van der Waals surface area contributed by atoms with Crippen LogP contribution in [0.3, 0.4) is 0 Å². The van der Waals surface area contributed by atoms with E-state index < -0.39 is 0 Å². The number of carbonyl (C=O) groups is 1. The first-order valence-electron chi connectivity index (χ1n) is 6.95. The van der Waals surface area contributed by atoms with Crippen LogP contribution in [0.4, 0.5) is 0 Å². The van der Waals surface area contributed by atoms with Crippen molar-refractivity contribution in [3.05, 3.63) is 35.4 Å². The number of rotatable bonds is 7. The summed E-state index contributed by atoms with van der Waals surface area (Å²) >= 11 is 6.17. The van der Waals surface area contributed by atoms with Crippen molar-refractivity contribution in [1.82, 2.24) is 0 Å². The van der Waals surface area contributed by atoms with Crippen molar-refractivity contribution in [2.24, 2.45) is 0 Å². The number of carbonyl (C=O) groups excluding carboxylic acids is 1. The molecule has 3 heteroatoms. The Bertz CT molecular complexity index is 386. The molecule has 0 fully saturated rings. The van der Waals surface area contributed by atoms with Gasteiger partial charge in [-0.15, -0.1) is 11.6 Å². The van der Waals surface area contributed by atoms with E-state index in [2.05, 4.69) is 38.1 Å². The number of hydrogen-bond donors (Lipinski definition) is 0. The van der Waals surface area contributed by atoms with E-state index >= 15 is 0 Å². The van der Waals surface area contributed by atoms with Crippen molar-refractivity contribution < 1.29 is 9.53 Å². The highest BCUT2D eigenvalue weighted by atomic mass is 35.5. The molecule has 2 nitrogen and oxygen atoms in total. The maximum atomic E-state index is 11.3. The molecule has 106 valence electrons. The molecule has 1 aromatic rings. The molecule has 2 atom stereocenters. The summed E-state index contributed by atoms with van der Waals surface area (Å²) in [4.78, 5) is 11.3. The molecule has 0 heterocycles. The van der Waals surface area contributed by atoms with Crippen molar-refractivity contribution in [2.75, 3.05) is 6.61 Å². The Morgan fingerprint density at radius 1 is 1.26 bits per heavy atom. The molecule has 0 saturated heterocycles. The van der Waals surface area contributed by atoms with Gasteiger partial charge in [0.1, 0.15) is 0 Å². The molecule has 1 rings (SSSR count). The topological polar surface area (TPSA) is 26.3 Å². The summed E-state index contributed by atoms with van der Waals surface area (Å²) in [5.74, 6) is 0.360. The average Bonchev–Trinajstić information content (AvgIpc) is 2.38. The van der Waals surface area contributed by atoms with Crippen molar-refractivity contribution >= 4 is 17.6 Å². The first-order chi connectivity index (χ1) is 9.06. The molecular weight excluding hydrogens is 260 g/mol. The second-order valence-electron chi connectivity index (χ2n) is 4.86. The van der Waals surface area contributed by atoms with E-state index in [9.17, 15) is 4.79 Å². The van der Waals surface area contributed by atoms with Gasteiger partial charge < -0.3 is 4.74 Å². The minimum atomic E-state index is -0.223. The first-order valence-corrected chi connectivity index (χ1v) is 7.39. The van der Waals surface area contributed by atoms with E-state index in [1.54, 1.807) is 6.92 Å². The molecule has 0 aliphatic rings. The molecule has 0 bridgehead atoms. The second kappa shape index (κ2) is 8.21. The maximum Gasteiger partial charge on any atom is 0.307 e. The van der Waals surface area contributed by atoms with Gasteiger partial charge in [0, 0.05) is 5.38 Å². The van der Waals surface area contributed by atoms with Crippen molar-refractivity contribution in [3.8, 4) is 0 Å². The van der Waals surface area contributed by atoms with Gasteiger partial charge in [0.05, 0.1) is 13.0 Å². The van der Waals surface area contributed by atoms with Gasteiger partial charge in [-0.25, -0.2) is 0 Å². The van der Waals surface area contributed by atoms with Gasteiger partial charge in [-0.3, -0.25) is 4.79 Å². The van der Waals surface area contributed by atoms with Gasteiger partial charge in [0.25, 0.3) is 0 Å². The Balaban J connectivity index is 2.50. The monoisotopic (exact) mass is 282 g/mol. The van der Waals surface area contributed by atoms with Crippen LogP contribution in [0, 0.1) is 0 Å². The lowest BCUT2D eigenvalue weighted by molar-refractivity contribution is -0.143. The Kier molecular flexibility index (Phi) is 6.93. The van der Waals surface area contributed by atoms with Gasteiger partial charge in [-0.05, 0) is 36.8 Å². The Morgan fingerprint density at radius 3 is 2.42 bits per heavy atom. The van der Waals surface area contributed by atoms with Crippen LogP contribution < -0.4 is 0 Å². The summed E-state index contributed by atoms with van der Waals surface area (Å²) in [6.45, 7) is 6.62. The second-order valence-corrected chi connectivity index (χ2v) is 5.48. The lowest BCUT2D eigenvalue weighted by atomic mass is 9.96. The number of ether oxygens (including phenoxy) is 1. The van der Waals surface area contributed by atoms with E-state index in [0.29, 0.717) is 18.9 Å². The SMILES string of the molecule is CCOC(=O)CC(Cl)Cc1ccc(C(C)CC)cc1. The summed E-state index contributed by atoms with van der Waals surface area (Å²) in [6, 6.07) is 8.50. The zero-order valence-corrected chi connectivity index (χ0v) is 12.7. The minimum absolute atomic E-state index is 0.200. The van der Waals surface area contributed by atoms with Crippen LogP contribution in [0.2, 0.25) is 0 Å². The van der Waals surface area contributed by atoms with Crippen molar-refractivity contribution in [1.29, 1.82) is 0 Å². The lowest BCUT2D eigenvalue weighted by Crippen LogP contribution is -2.13. The van der Waals surface area contributed by atoms with Crippen LogP contribution in [0.25, 0.3) is 0 Å². The van der Waals surface area contributed by atoms with E-state index in [0.717, 1.165) is 12.0 Å². The number of alkyl halides is 1. The molecule has 0 aliphatic heterocycles. The van der Waals surface area contributed by atoms with E-state index in [4.69, 9.17) is 16.3 Å². The van der Waals surface area contributed by atoms with Crippen LogP contribution in [0.5, 0.6) is 0 Å². The van der Waals surface area contributed by atoms with Gasteiger partial charge >= 0.3 is 5.97 Å². The molecular formula is C16H23ClO2. The highest BCUT2D eigenvalue weighted by Crippen LogP contribution is 2.20. The van der Waals surface area contributed by atoms with Gasteiger partial charge in [-0.2, -0.15) is 0 Å². The standard InChI is InChI=1S/C16H23ClO2/c1-4-12(3)14-8-6-13(7-9-14)10-15(17)11-16(18)19-5-2/h6-9,12,15H,4-5,10-11H2,1-3H3. The maximum absolute atomic E-state index is 11.3. The predicted octanol–water partition coefficient (Wildman–Crippen LogP) is 4.30. The molecule has 0 aliphatic carbocycles. The summed E-state index contributed by atoms with van der Waals surface area (Å²) < 4.78 is 4.89. The summed E-state index contributed by atoms with van der Waals surface area (Å²) in [5.41, 5.74) is 2.51. The molecule has 0 saturated carbocycles. The molecule has 2 unspecified atom stereocenters. The molecule has 0 N–H and O–H groups in total. The summed E-state index contributed by atoms with van der Waals surface area (Å²) in [5, 5.41) is -0.200.